The third-order valence-corrected chi connectivity index (χ3v) is 3.45. The van der Waals surface area contributed by atoms with Crippen LogP contribution in [0.3, 0.4) is 0 Å². The van der Waals surface area contributed by atoms with E-state index in [0.29, 0.717) is 0 Å². The molecule has 1 aromatic rings. The fourth-order valence-corrected chi connectivity index (χ4v) is 2.24. The number of aromatic nitrogens is 3. The molecule has 0 aliphatic carbocycles. The first-order chi connectivity index (χ1) is 9.38. The van der Waals surface area contributed by atoms with Gasteiger partial charge in [-0.05, 0) is 13.0 Å². The molecule has 0 unspecified atom stereocenters. The predicted octanol–water partition coefficient (Wildman–Crippen LogP) is 3.53. The zero-order valence-electron chi connectivity index (χ0n) is 12.7. The Morgan fingerprint density at radius 1 is 1.00 bits per heavy atom. The molecule has 0 fully saturated rings. The average molecular weight is 266 g/mol. The van der Waals surface area contributed by atoms with Crippen molar-refractivity contribution < 1.29 is 0 Å². The molecule has 110 valence electrons. The lowest BCUT2D eigenvalue weighted by molar-refractivity contribution is 0.498. The maximum atomic E-state index is 4.29. The van der Waals surface area contributed by atoms with Gasteiger partial charge in [0.05, 0.1) is 6.54 Å². The Hall–Kier alpha value is -0.900. The number of unbranched alkanes of at least 4 members (excludes halogenated alkanes) is 7. The van der Waals surface area contributed by atoms with E-state index in [4.69, 9.17) is 0 Å². The van der Waals surface area contributed by atoms with E-state index in [9.17, 15) is 0 Å². The maximum Gasteiger partial charge on any atom is 0.140 e. The lowest BCUT2D eigenvalue weighted by Crippen LogP contribution is -2.17. The summed E-state index contributed by atoms with van der Waals surface area (Å²) in [6.45, 7) is 7.19. The second kappa shape index (κ2) is 11.0. The molecule has 0 saturated carbocycles. The molecule has 0 amide bonds. The highest BCUT2D eigenvalue weighted by Crippen LogP contribution is 2.09. The first-order valence-corrected chi connectivity index (χ1v) is 7.95. The number of hydrogen-bond donors (Lipinski definition) is 1. The van der Waals surface area contributed by atoms with Crippen molar-refractivity contribution in [3.05, 3.63) is 12.2 Å². The summed E-state index contributed by atoms with van der Waals surface area (Å²) in [7, 11) is 0. The van der Waals surface area contributed by atoms with Crippen LogP contribution >= 0.6 is 0 Å². The van der Waals surface area contributed by atoms with E-state index in [1.165, 1.54) is 51.4 Å². The van der Waals surface area contributed by atoms with E-state index >= 15 is 0 Å². The molecule has 19 heavy (non-hydrogen) atoms. The van der Waals surface area contributed by atoms with Crippen LogP contribution in [-0.2, 0) is 13.1 Å². The van der Waals surface area contributed by atoms with Crippen LogP contribution in [0.5, 0.6) is 0 Å². The van der Waals surface area contributed by atoms with E-state index in [0.717, 1.165) is 25.5 Å². The first-order valence-electron chi connectivity index (χ1n) is 7.95. The number of hydrogen-bond acceptors (Lipinski definition) is 3. The third-order valence-electron chi connectivity index (χ3n) is 3.45. The van der Waals surface area contributed by atoms with Gasteiger partial charge in [0.25, 0.3) is 0 Å². The van der Waals surface area contributed by atoms with Crippen LogP contribution in [0, 0.1) is 0 Å². The van der Waals surface area contributed by atoms with Crippen molar-refractivity contribution in [1.29, 1.82) is 0 Å². The van der Waals surface area contributed by atoms with Crippen molar-refractivity contribution in [3.63, 3.8) is 0 Å². The van der Waals surface area contributed by atoms with Crippen LogP contribution in [0.15, 0.2) is 6.33 Å². The third kappa shape index (κ3) is 7.31. The predicted molar refractivity (Wildman–Crippen MR) is 80.0 cm³/mol. The highest BCUT2D eigenvalue weighted by atomic mass is 15.3. The van der Waals surface area contributed by atoms with Gasteiger partial charge < -0.3 is 5.32 Å². The van der Waals surface area contributed by atoms with Crippen molar-refractivity contribution in [2.45, 2.75) is 78.3 Å². The molecule has 4 heteroatoms. The van der Waals surface area contributed by atoms with Gasteiger partial charge in [0.2, 0.25) is 0 Å². The molecule has 1 N–H and O–H groups in total. The Bertz CT molecular complexity index is 309. The topological polar surface area (TPSA) is 42.7 Å². The van der Waals surface area contributed by atoms with Gasteiger partial charge in [0.1, 0.15) is 12.2 Å². The van der Waals surface area contributed by atoms with Crippen LogP contribution in [0.2, 0.25) is 0 Å². The van der Waals surface area contributed by atoms with Gasteiger partial charge in [-0.2, -0.15) is 5.10 Å². The number of nitrogens with zero attached hydrogens (tertiary/aromatic N) is 3. The zero-order chi connectivity index (χ0) is 13.8. The zero-order valence-corrected chi connectivity index (χ0v) is 12.7. The van der Waals surface area contributed by atoms with Crippen LogP contribution < -0.4 is 5.32 Å². The summed E-state index contributed by atoms with van der Waals surface area (Å²) in [4.78, 5) is 4.29. The summed E-state index contributed by atoms with van der Waals surface area (Å²) in [6, 6.07) is 0. The summed E-state index contributed by atoms with van der Waals surface area (Å²) in [6.07, 6.45) is 12.5. The second-order valence-electron chi connectivity index (χ2n) is 5.15. The number of aryl methyl sites for hydroxylation is 1. The smallest absolute Gasteiger partial charge is 0.140 e. The summed E-state index contributed by atoms with van der Waals surface area (Å²) in [5, 5.41) is 7.59. The maximum absolute atomic E-state index is 4.29. The summed E-state index contributed by atoms with van der Waals surface area (Å²) in [5.41, 5.74) is 0. The lowest BCUT2D eigenvalue weighted by atomic mass is 10.1. The van der Waals surface area contributed by atoms with E-state index in [1.54, 1.807) is 6.33 Å². The monoisotopic (exact) mass is 266 g/mol. The van der Waals surface area contributed by atoms with Crippen LogP contribution in [0.25, 0.3) is 0 Å². The molecule has 0 spiro atoms. The molecule has 0 aromatic carbocycles. The Labute approximate surface area is 118 Å². The van der Waals surface area contributed by atoms with E-state index in [-0.39, 0.29) is 0 Å². The van der Waals surface area contributed by atoms with Crippen LogP contribution in [-0.4, -0.2) is 21.3 Å². The fraction of sp³-hybridized carbons (Fsp3) is 0.867. The van der Waals surface area contributed by atoms with Crippen molar-refractivity contribution in [2.75, 3.05) is 6.54 Å². The van der Waals surface area contributed by atoms with Gasteiger partial charge in [-0.1, -0.05) is 58.8 Å². The summed E-state index contributed by atoms with van der Waals surface area (Å²) in [5.74, 6) is 1.06. The van der Waals surface area contributed by atoms with Crippen molar-refractivity contribution in [3.8, 4) is 0 Å². The van der Waals surface area contributed by atoms with Crippen molar-refractivity contribution in [2.24, 2.45) is 0 Å². The van der Waals surface area contributed by atoms with E-state index in [1.807, 2.05) is 4.68 Å². The van der Waals surface area contributed by atoms with Gasteiger partial charge in [-0.3, -0.25) is 0 Å². The van der Waals surface area contributed by atoms with E-state index < -0.39 is 0 Å². The van der Waals surface area contributed by atoms with Gasteiger partial charge in [0.15, 0.2) is 0 Å². The van der Waals surface area contributed by atoms with Crippen molar-refractivity contribution in [1.82, 2.24) is 20.1 Å². The SMILES string of the molecule is CCCCCCCCCCn1ncnc1CNCC. The van der Waals surface area contributed by atoms with Crippen molar-refractivity contribution >= 4 is 0 Å². The highest BCUT2D eigenvalue weighted by molar-refractivity contribution is 4.83. The summed E-state index contributed by atoms with van der Waals surface area (Å²) >= 11 is 0. The first kappa shape index (κ1) is 16.2. The number of rotatable bonds is 12. The highest BCUT2D eigenvalue weighted by Gasteiger charge is 2.02. The Balaban J connectivity index is 2.04. The lowest BCUT2D eigenvalue weighted by Gasteiger charge is -2.06. The molecule has 1 rings (SSSR count). The molecule has 4 nitrogen and oxygen atoms in total. The molecular weight excluding hydrogens is 236 g/mol. The Morgan fingerprint density at radius 2 is 1.68 bits per heavy atom. The molecule has 0 aliphatic rings. The van der Waals surface area contributed by atoms with Gasteiger partial charge in [-0.15, -0.1) is 0 Å². The molecular formula is C15H30N4. The van der Waals surface area contributed by atoms with Crippen LogP contribution in [0.4, 0.5) is 0 Å². The molecule has 0 aliphatic heterocycles. The Kier molecular flexibility index (Phi) is 9.33. The second-order valence-corrected chi connectivity index (χ2v) is 5.15. The minimum Gasteiger partial charge on any atom is -0.310 e. The normalized spacial score (nSPS) is 11.1. The molecule has 1 heterocycles. The molecule has 0 atom stereocenters. The average Bonchev–Trinajstić information content (AvgIpc) is 2.87. The minimum atomic E-state index is 0.827. The Morgan fingerprint density at radius 3 is 2.37 bits per heavy atom. The molecule has 0 saturated heterocycles. The molecule has 0 radical (unpaired) electrons. The van der Waals surface area contributed by atoms with Gasteiger partial charge in [0, 0.05) is 6.54 Å². The standard InChI is InChI=1S/C15H30N4/c1-3-5-6-7-8-9-10-11-12-19-15(13-16-4-2)17-14-18-19/h14,16H,3-13H2,1-2H3. The van der Waals surface area contributed by atoms with E-state index in [2.05, 4.69) is 29.2 Å². The minimum absolute atomic E-state index is 0.827. The largest absolute Gasteiger partial charge is 0.310 e. The molecule has 0 bridgehead atoms. The number of nitrogens with one attached hydrogen (secondary N) is 1. The van der Waals surface area contributed by atoms with Gasteiger partial charge in [-0.25, -0.2) is 9.67 Å². The quantitative estimate of drug-likeness (QED) is 0.589. The van der Waals surface area contributed by atoms with Gasteiger partial charge >= 0.3 is 0 Å². The fourth-order valence-electron chi connectivity index (χ4n) is 2.24. The van der Waals surface area contributed by atoms with Crippen LogP contribution in [0.1, 0.15) is 71.0 Å². The molecule has 1 aromatic heterocycles. The summed E-state index contributed by atoms with van der Waals surface area (Å²) < 4.78 is 2.04.